The van der Waals surface area contributed by atoms with Crippen LogP contribution in [0.5, 0.6) is 5.75 Å². The predicted octanol–water partition coefficient (Wildman–Crippen LogP) is 2.72. The van der Waals surface area contributed by atoms with Crippen LogP contribution in [0.25, 0.3) is 0 Å². The number of benzene rings is 2. The van der Waals surface area contributed by atoms with Gasteiger partial charge in [-0.15, -0.1) is 0 Å². The Bertz CT molecular complexity index is 1030. The van der Waals surface area contributed by atoms with Crippen LogP contribution in [0.1, 0.15) is 37.8 Å². The van der Waals surface area contributed by atoms with E-state index in [0.29, 0.717) is 11.7 Å². The molecular weight excluding hydrogens is 408 g/mol. The number of hydrogen-bond donors (Lipinski definition) is 2. The highest BCUT2D eigenvalue weighted by Gasteiger charge is 2.19. The fourth-order valence-electron chi connectivity index (χ4n) is 2.81. The summed E-state index contributed by atoms with van der Waals surface area (Å²) in [5.74, 6) is -0.409. The van der Waals surface area contributed by atoms with E-state index in [1.807, 2.05) is 19.1 Å². The van der Waals surface area contributed by atoms with Gasteiger partial charge >= 0.3 is 5.97 Å². The lowest BCUT2D eigenvalue weighted by Gasteiger charge is -2.15. The first-order valence-electron chi connectivity index (χ1n) is 9.34. The van der Waals surface area contributed by atoms with Gasteiger partial charge in [0, 0.05) is 5.69 Å². The van der Waals surface area contributed by atoms with Crippen LogP contribution < -0.4 is 15.2 Å². The minimum atomic E-state index is -3.90. The summed E-state index contributed by atoms with van der Waals surface area (Å²) in [6.07, 6.45) is -1.11. The summed E-state index contributed by atoms with van der Waals surface area (Å²) in [7, 11) is -3.90. The first-order chi connectivity index (χ1) is 14.0. The Hall–Kier alpha value is -2.91. The molecule has 2 aromatic rings. The summed E-state index contributed by atoms with van der Waals surface area (Å²) in [6.45, 7) is 7.21. The minimum Gasteiger partial charge on any atom is -0.482 e. The highest BCUT2D eigenvalue weighted by molar-refractivity contribution is 7.89. The third-order valence-electron chi connectivity index (χ3n) is 4.33. The Morgan fingerprint density at radius 2 is 1.80 bits per heavy atom. The molecule has 3 N–H and O–H groups in total. The van der Waals surface area contributed by atoms with Gasteiger partial charge in [-0.2, -0.15) is 0 Å². The number of amides is 1. The highest BCUT2D eigenvalue weighted by Crippen LogP contribution is 2.23. The van der Waals surface area contributed by atoms with Gasteiger partial charge in [0.15, 0.2) is 12.7 Å². The SMILES string of the molecule is Cc1cc(OCC(=O)OC(C)C(=O)Nc2cccc(S(N)(=O)=O)c2)ccc1C(C)C. The molecule has 0 fully saturated rings. The maximum Gasteiger partial charge on any atom is 0.344 e. The fraction of sp³-hybridized carbons (Fsp3) is 0.333. The number of anilines is 1. The number of nitrogens with one attached hydrogen (secondary N) is 1. The van der Waals surface area contributed by atoms with E-state index in [4.69, 9.17) is 14.6 Å². The smallest absolute Gasteiger partial charge is 0.344 e. The number of carbonyl (C=O) groups excluding carboxylic acids is 2. The van der Waals surface area contributed by atoms with E-state index >= 15 is 0 Å². The molecule has 2 rings (SSSR count). The van der Waals surface area contributed by atoms with Crippen LogP contribution in [0.2, 0.25) is 0 Å². The van der Waals surface area contributed by atoms with E-state index < -0.39 is 28.0 Å². The lowest BCUT2D eigenvalue weighted by atomic mass is 9.98. The molecule has 0 saturated heterocycles. The molecule has 9 heteroatoms. The first-order valence-corrected chi connectivity index (χ1v) is 10.9. The van der Waals surface area contributed by atoms with Gasteiger partial charge in [0.1, 0.15) is 5.75 Å². The number of nitrogens with two attached hydrogens (primary N) is 1. The highest BCUT2D eigenvalue weighted by atomic mass is 32.2. The van der Waals surface area contributed by atoms with Gasteiger partial charge < -0.3 is 14.8 Å². The normalized spacial score (nSPS) is 12.3. The zero-order valence-corrected chi connectivity index (χ0v) is 18.2. The molecule has 0 heterocycles. The number of carbonyl (C=O) groups is 2. The van der Waals surface area contributed by atoms with Crippen LogP contribution in [0.3, 0.4) is 0 Å². The second-order valence-corrected chi connectivity index (χ2v) is 8.72. The average molecular weight is 435 g/mol. The molecule has 2 aromatic carbocycles. The van der Waals surface area contributed by atoms with E-state index in [1.54, 1.807) is 6.07 Å². The van der Waals surface area contributed by atoms with Gasteiger partial charge in [0.25, 0.3) is 5.91 Å². The number of rotatable bonds is 8. The molecule has 30 heavy (non-hydrogen) atoms. The number of ether oxygens (including phenoxy) is 2. The topological polar surface area (TPSA) is 125 Å². The Morgan fingerprint density at radius 3 is 2.40 bits per heavy atom. The molecule has 0 radical (unpaired) electrons. The molecule has 1 atom stereocenters. The zero-order valence-electron chi connectivity index (χ0n) is 17.3. The molecule has 0 spiro atoms. The molecular formula is C21H26N2O6S. The summed E-state index contributed by atoms with van der Waals surface area (Å²) in [5, 5.41) is 7.55. The molecule has 0 aliphatic rings. The van der Waals surface area contributed by atoms with E-state index in [2.05, 4.69) is 19.2 Å². The molecule has 1 amide bonds. The van der Waals surface area contributed by atoms with Crippen LogP contribution in [-0.4, -0.2) is 33.0 Å². The Morgan fingerprint density at radius 1 is 1.10 bits per heavy atom. The number of primary sulfonamides is 1. The van der Waals surface area contributed by atoms with Crippen LogP contribution in [0.4, 0.5) is 5.69 Å². The van der Waals surface area contributed by atoms with Gasteiger partial charge in [0.05, 0.1) is 4.90 Å². The second-order valence-electron chi connectivity index (χ2n) is 7.16. The van der Waals surface area contributed by atoms with Gasteiger partial charge in [-0.1, -0.05) is 26.0 Å². The van der Waals surface area contributed by atoms with E-state index in [0.717, 1.165) is 5.56 Å². The number of aryl methyl sites for hydroxylation is 1. The van der Waals surface area contributed by atoms with E-state index in [-0.39, 0.29) is 17.2 Å². The first kappa shape index (κ1) is 23.4. The van der Waals surface area contributed by atoms with Gasteiger partial charge in [0.2, 0.25) is 10.0 Å². The standard InChI is InChI=1S/C21H26N2O6S/c1-13(2)19-9-8-17(10-14(19)3)28-12-20(24)29-15(4)21(25)23-16-6-5-7-18(11-16)30(22,26)27/h5-11,13,15H,12H2,1-4H3,(H,23,25)(H2,22,26,27). The molecule has 0 saturated carbocycles. The Labute approximate surface area is 176 Å². The van der Waals surface area contributed by atoms with Crippen molar-refractivity contribution in [3.63, 3.8) is 0 Å². The van der Waals surface area contributed by atoms with Crippen molar-refractivity contribution >= 4 is 27.6 Å². The van der Waals surface area contributed by atoms with Crippen molar-refractivity contribution in [2.45, 2.75) is 44.6 Å². The molecule has 0 aromatic heterocycles. The molecule has 1 unspecified atom stereocenters. The van der Waals surface area contributed by atoms with Crippen molar-refractivity contribution in [2.75, 3.05) is 11.9 Å². The number of hydrogen-bond acceptors (Lipinski definition) is 6. The van der Waals surface area contributed by atoms with E-state index in [9.17, 15) is 18.0 Å². The summed E-state index contributed by atoms with van der Waals surface area (Å²) in [6, 6.07) is 11.0. The van der Waals surface area contributed by atoms with Crippen molar-refractivity contribution < 1.29 is 27.5 Å². The summed E-state index contributed by atoms with van der Waals surface area (Å²) in [5.41, 5.74) is 2.47. The largest absolute Gasteiger partial charge is 0.482 e. The quantitative estimate of drug-likeness (QED) is 0.616. The lowest BCUT2D eigenvalue weighted by Crippen LogP contribution is -2.31. The van der Waals surface area contributed by atoms with Gasteiger partial charge in [-0.25, -0.2) is 18.4 Å². The van der Waals surface area contributed by atoms with Crippen LogP contribution >= 0.6 is 0 Å². The van der Waals surface area contributed by atoms with Gasteiger partial charge in [-0.3, -0.25) is 4.79 Å². The zero-order chi connectivity index (χ0) is 22.5. The molecule has 8 nitrogen and oxygen atoms in total. The maximum absolute atomic E-state index is 12.2. The predicted molar refractivity (Wildman–Crippen MR) is 113 cm³/mol. The molecule has 0 aliphatic carbocycles. The van der Waals surface area contributed by atoms with Gasteiger partial charge in [-0.05, 0) is 61.2 Å². The number of esters is 1. The average Bonchev–Trinajstić information content (AvgIpc) is 2.65. The summed E-state index contributed by atoms with van der Waals surface area (Å²) in [4.78, 5) is 24.1. The van der Waals surface area contributed by atoms with Crippen molar-refractivity contribution in [2.24, 2.45) is 5.14 Å². The maximum atomic E-state index is 12.2. The third kappa shape index (κ3) is 6.57. The van der Waals surface area contributed by atoms with Crippen LogP contribution in [0.15, 0.2) is 47.4 Å². The van der Waals surface area contributed by atoms with Crippen molar-refractivity contribution in [3.05, 3.63) is 53.6 Å². The Kier molecular flexibility index (Phi) is 7.58. The fourth-order valence-corrected chi connectivity index (χ4v) is 3.37. The van der Waals surface area contributed by atoms with Crippen molar-refractivity contribution in [1.29, 1.82) is 0 Å². The molecule has 0 aliphatic heterocycles. The molecule has 0 bridgehead atoms. The van der Waals surface area contributed by atoms with Crippen molar-refractivity contribution in [1.82, 2.24) is 0 Å². The summed E-state index contributed by atoms with van der Waals surface area (Å²) < 4.78 is 33.3. The third-order valence-corrected chi connectivity index (χ3v) is 5.24. The van der Waals surface area contributed by atoms with Crippen LogP contribution in [-0.2, 0) is 24.3 Å². The Balaban J connectivity index is 1.89. The molecule has 162 valence electrons. The number of sulfonamides is 1. The lowest BCUT2D eigenvalue weighted by molar-refractivity contribution is -0.155. The van der Waals surface area contributed by atoms with Crippen LogP contribution in [0, 0.1) is 6.92 Å². The second kappa shape index (κ2) is 9.73. The monoisotopic (exact) mass is 434 g/mol. The summed E-state index contributed by atoms with van der Waals surface area (Å²) >= 11 is 0. The van der Waals surface area contributed by atoms with Crippen molar-refractivity contribution in [3.8, 4) is 5.75 Å². The minimum absolute atomic E-state index is 0.142. The van der Waals surface area contributed by atoms with E-state index in [1.165, 1.54) is 36.8 Å².